The zero-order chi connectivity index (χ0) is 23.3. The number of imidazole rings is 1. The number of benzene rings is 4. The Morgan fingerprint density at radius 3 is 2.26 bits per heavy atom. The molecule has 0 unspecified atom stereocenters. The average molecular weight is 448 g/mol. The third-order valence-electron chi connectivity index (χ3n) is 5.81. The summed E-state index contributed by atoms with van der Waals surface area (Å²) >= 11 is 0. The van der Waals surface area contributed by atoms with Crippen molar-refractivity contribution in [1.82, 2.24) is 15.3 Å². The van der Waals surface area contributed by atoms with Crippen molar-refractivity contribution in [3.63, 3.8) is 0 Å². The zero-order valence-corrected chi connectivity index (χ0v) is 18.9. The molecule has 1 heterocycles. The lowest BCUT2D eigenvalue weighted by molar-refractivity contribution is 0.0600. The van der Waals surface area contributed by atoms with E-state index in [9.17, 15) is 4.79 Å². The largest absolute Gasteiger partial charge is 0.465 e. The summed E-state index contributed by atoms with van der Waals surface area (Å²) in [6, 6.07) is 32.5. The first-order valence-electron chi connectivity index (χ1n) is 11.2. The summed E-state index contributed by atoms with van der Waals surface area (Å²) in [6.45, 7) is 1.40. The van der Waals surface area contributed by atoms with Crippen LogP contribution in [-0.4, -0.2) is 23.0 Å². The van der Waals surface area contributed by atoms with Crippen molar-refractivity contribution in [3.05, 3.63) is 114 Å². The van der Waals surface area contributed by atoms with Gasteiger partial charge in [0.2, 0.25) is 0 Å². The highest BCUT2D eigenvalue weighted by atomic mass is 16.5. The van der Waals surface area contributed by atoms with Crippen LogP contribution in [0.5, 0.6) is 0 Å². The minimum atomic E-state index is -0.319. The van der Waals surface area contributed by atoms with Gasteiger partial charge in [-0.1, -0.05) is 66.7 Å². The second-order valence-corrected chi connectivity index (χ2v) is 8.18. The first-order chi connectivity index (χ1) is 16.7. The summed E-state index contributed by atoms with van der Waals surface area (Å²) in [5, 5.41) is 3.46. The zero-order valence-electron chi connectivity index (χ0n) is 18.9. The highest BCUT2D eigenvalue weighted by Gasteiger charge is 2.07. The predicted molar refractivity (Wildman–Crippen MR) is 135 cm³/mol. The highest BCUT2D eigenvalue weighted by molar-refractivity contribution is 5.89. The minimum Gasteiger partial charge on any atom is -0.465 e. The Balaban J connectivity index is 1.25. The number of hydrogen-bond donors (Lipinski definition) is 2. The number of nitrogens with zero attached hydrogens (tertiary/aromatic N) is 1. The summed E-state index contributed by atoms with van der Waals surface area (Å²) in [5.41, 5.74) is 8.21. The van der Waals surface area contributed by atoms with E-state index in [-0.39, 0.29) is 5.97 Å². The Bertz CT molecular complexity index is 1400. The molecule has 5 rings (SSSR count). The third-order valence-corrected chi connectivity index (χ3v) is 5.81. The van der Waals surface area contributed by atoms with Gasteiger partial charge < -0.3 is 15.0 Å². The van der Waals surface area contributed by atoms with Crippen molar-refractivity contribution < 1.29 is 9.53 Å². The topological polar surface area (TPSA) is 67.0 Å². The average Bonchev–Trinajstić information content (AvgIpc) is 3.33. The van der Waals surface area contributed by atoms with Gasteiger partial charge in [0.05, 0.1) is 23.7 Å². The second-order valence-electron chi connectivity index (χ2n) is 8.18. The van der Waals surface area contributed by atoms with Crippen LogP contribution in [0, 0.1) is 0 Å². The van der Waals surface area contributed by atoms with Crippen molar-refractivity contribution in [3.8, 4) is 22.5 Å². The third kappa shape index (κ3) is 4.75. The Labute approximate surface area is 198 Å². The van der Waals surface area contributed by atoms with E-state index in [4.69, 9.17) is 4.74 Å². The fourth-order valence-corrected chi connectivity index (χ4v) is 4.05. The maximum atomic E-state index is 11.7. The molecule has 2 N–H and O–H groups in total. The van der Waals surface area contributed by atoms with E-state index in [0.29, 0.717) is 12.1 Å². The molecule has 0 amide bonds. The van der Waals surface area contributed by atoms with Crippen LogP contribution in [0.3, 0.4) is 0 Å². The number of rotatable bonds is 7. The summed E-state index contributed by atoms with van der Waals surface area (Å²) in [5.74, 6) is 0.558. The van der Waals surface area contributed by atoms with Crippen molar-refractivity contribution >= 4 is 17.0 Å². The maximum Gasteiger partial charge on any atom is 0.337 e. The number of ether oxygens (including phenoxy) is 1. The molecule has 0 saturated heterocycles. The van der Waals surface area contributed by atoms with Crippen molar-refractivity contribution in [1.29, 1.82) is 0 Å². The Kier molecular flexibility index (Phi) is 6.19. The Morgan fingerprint density at radius 2 is 1.50 bits per heavy atom. The monoisotopic (exact) mass is 447 g/mol. The molecule has 0 aliphatic heterocycles. The maximum absolute atomic E-state index is 11.7. The standard InChI is InChI=1S/C29H25N3O2/c1-34-29(33)25-9-5-7-21(17-25)19-30-18-20-6-4-8-24(16-20)22-12-14-23(15-13-22)28-31-26-10-2-3-11-27(26)32-28/h2-17,30H,18-19H2,1H3,(H,31,32). The van der Waals surface area contributed by atoms with E-state index in [1.54, 1.807) is 6.07 Å². The van der Waals surface area contributed by atoms with E-state index in [1.807, 2.05) is 42.5 Å². The molecule has 5 aromatic rings. The highest BCUT2D eigenvalue weighted by Crippen LogP contribution is 2.25. The lowest BCUT2D eigenvalue weighted by Gasteiger charge is -2.09. The van der Waals surface area contributed by atoms with Crippen molar-refractivity contribution in [2.75, 3.05) is 7.11 Å². The van der Waals surface area contributed by atoms with Gasteiger partial charge in [0.25, 0.3) is 0 Å². The number of methoxy groups -OCH3 is 1. The molecule has 5 nitrogen and oxygen atoms in total. The van der Waals surface area contributed by atoms with Gasteiger partial charge >= 0.3 is 5.97 Å². The van der Waals surface area contributed by atoms with Crippen LogP contribution in [0.25, 0.3) is 33.5 Å². The van der Waals surface area contributed by atoms with Gasteiger partial charge in [-0.2, -0.15) is 0 Å². The number of nitrogens with one attached hydrogen (secondary N) is 2. The summed E-state index contributed by atoms with van der Waals surface area (Å²) in [7, 11) is 1.40. The first-order valence-corrected chi connectivity index (χ1v) is 11.2. The van der Waals surface area contributed by atoms with E-state index in [1.165, 1.54) is 18.2 Å². The van der Waals surface area contributed by atoms with E-state index < -0.39 is 0 Å². The number of aromatic amines is 1. The second kappa shape index (κ2) is 9.73. The van der Waals surface area contributed by atoms with Gasteiger partial charge in [-0.05, 0) is 52.6 Å². The summed E-state index contributed by atoms with van der Waals surface area (Å²) < 4.78 is 4.80. The summed E-state index contributed by atoms with van der Waals surface area (Å²) in [6.07, 6.45) is 0. The molecule has 0 spiro atoms. The Morgan fingerprint density at radius 1 is 0.794 bits per heavy atom. The quantitative estimate of drug-likeness (QED) is 0.302. The minimum absolute atomic E-state index is 0.319. The number of hydrogen-bond acceptors (Lipinski definition) is 4. The molecule has 168 valence electrons. The lowest BCUT2D eigenvalue weighted by atomic mass is 10.0. The van der Waals surface area contributed by atoms with E-state index in [0.717, 1.165) is 40.1 Å². The van der Waals surface area contributed by atoms with Crippen LogP contribution < -0.4 is 5.32 Å². The van der Waals surface area contributed by atoms with Gasteiger partial charge in [0, 0.05) is 18.7 Å². The molecule has 0 aliphatic carbocycles. The number of para-hydroxylation sites is 2. The number of H-pyrrole nitrogens is 1. The number of aromatic nitrogens is 2. The number of fused-ring (bicyclic) bond motifs is 1. The van der Waals surface area contributed by atoms with Crippen LogP contribution in [0.15, 0.2) is 97.1 Å². The van der Waals surface area contributed by atoms with Crippen molar-refractivity contribution in [2.24, 2.45) is 0 Å². The van der Waals surface area contributed by atoms with Gasteiger partial charge in [0.15, 0.2) is 0 Å². The number of carbonyl (C=O) groups is 1. The molecular weight excluding hydrogens is 422 g/mol. The molecule has 0 radical (unpaired) electrons. The van der Waals surface area contributed by atoms with Gasteiger partial charge in [-0.3, -0.25) is 0 Å². The number of carbonyl (C=O) groups excluding carboxylic acids is 1. The lowest BCUT2D eigenvalue weighted by Crippen LogP contribution is -2.13. The molecule has 0 bridgehead atoms. The molecule has 0 saturated carbocycles. The molecule has 34 heavy (non-hydrogen) atoms. The van der Waals surface area contributed by atoms with Crippen molar-refractivity contribution in [2.45, 2.75) is 13.1 Å². The molecular formula is C29H25N3O2. The SMILES string of the molecule is COC(=O)c1cccc(CNCc2cccc(-c3ccc(-c4nc5ccccc5[nH]4)cc3)c2)c1. The van der Waals surface area contributed by atoms with Crippen LogP contribution in [0.1, 0.15) is 21.5 Å². The first kappa shape index (κ1) is 21.6. The van der Waals surface area contributed by atoms with Gasteiger partial charge in [0.1, 0.15) is 5.82 Å². The fourth-order valence-electron chi connectivity index (χ4n) is 4.05. The Hall–Kier alpha value is -4.22. The molecule has 4 aromatic carbocycles. The van der Waals surface area contributed by atoms with Crippen LogP contribution >= 0.6 is 0 Å². The van der Waals surface area contributed by atoms with Gasteiger partial charge in [-0.15, -0.1) is 0 Å². The molecule has 0 atom stereocenters. The van der Waals surface area contributed by atoms with Gasteiger partial charge in [-0.25, -0.2) is 9.78 Å². The summed E-state index contributed by atoms with van der Waals surface area (Å²) in [4.78, 5) is 19.8. The van der Waals surface area contributed by atoms with E-state index >= 15 is 0 Å². The molecule has 0 fully saturated rings. The molecule has 5 heteroatoms. The smallest absolute Gasteiger partial charge is 0.337 e. The molecule has 1 aromatic heterocycles. The predicted octanol–water partition coefficient (Wildman–Crippen LogP) is 5.97. The number of esters is 1. The van der Waals surface area contributed by atoms with Crippen LogP contribution in [0.2, 0.25) is 0 Å². The normalized spacial score (nSPS) is 11.0. The van der Waals surface area contributed by atoms with Crippen LogP contribution in [-0.2, 0) is 17.8 Å². The molecule has 0 aliphatic rings. The van der Waals surface area contributed by atoms with Crippen LogP contribution in [0.4, 0.5) is 0 Å². The van der Waals surface area contributed by atoms with E-state index in [2.05, 4.69) is 63.8 Å². The fraction of sp³-hybridized carbons (Fsp3) is 0.103.